The number of hydrogen-bond acceptors (Lipinski definition) is 4. The molecule has 20 heavy (non-hydrogen) atoms. The Morgan fingerprint density at radius 1 is 1.30 bits per heavy atom. The van der Waals surface area contributed by atoms with Gasteiger partial charge in [-0.05, 0) is 63.5 Å². The van der Waals surface area contributed by atoms with E-state index >= 15 is 0 Å². The number of primary amides is 1. The fourth-order valence-electron chi connectivity index (χ4n) is 3.53. The molecule has 1 atom stereocenters. The van der Waals surface area contributed by atoms with Crippen molar-refractivity contribution in [2.24, 2.45) is 17.6 Å². The number of amides is 1. The third-order valence-corrected chi connectivity index (χ3v) is 5.09. The number of nitrogens with two attached hydrogens (primary N) is 1. The van der Waals surface area contributed by atoms with Gasteiger partial charge in [0.2, 0.25) is 5.91 Å². The summed E-state index contributed by atoms with van der Waals surface area (Å²) in [5.74, 6) is 0.0832. The number of nitrogens with zero attached hydrogens (tertiary/aromatic N) is 1. The molecular weight excluding hydrogens is 256 g/mol. The lowest BCUT2D eigenvalue weighted by atomic mass is 9.79. The van der Waals surface area contributed by atoms with Gasteiger partial charge in [-0.2, -0.15) is 0 Å². The number of aliphatic hydroxyl groups excluding tert-OH is 1. The summed E-state index contributed by atoms with van der Waals surface area (Å²) in [4.78, 5) is 13.3. The van der Waals surface area contributed by atoms with Crippen molar-refractivity contribution in [2.75, 3.05) is 19.6 Å². The summed E-state index contributed by atoms with van der Waals surface area (Å²) in [5, 5.41) is 20.3. The first-order valence-corrected chi connectivity index (χ1v) is 7.82. The van der Waals surface area contributed by atoms with Gasteiger partial charge in [0.15, 0.2) is 0 Å². The van der Waals surface area contributed by atoms with Gasteiger partial charge in [-0.25, -0.2) is 0 Å². The van der Waals surface area contributed by atoms with E-state index in [2.05, 4.69) is 11.8 Å². The molecule has 1 aliphatic heterocycles. The minimum Gasteiger partial charge on any atom is -0.389 e. The summed E-state index contributed by atoms with van der Waals surface area (Å²) in [6.45, 7) is 4.62. The van der Waals surface area contributed by atoms with E-state index in [1.54, 1.807) is 0 Å². The summed E-state index contributed by atoms with van der Waals surface area (Å²) < 4.78 is 0. The van der Waals surface area contributed by atoms with Gasteiger partial charge >= 0.3 is 0 Å². The van der Waals surface area contributed by atoms with Crippen LogP contribution in [0.2, 0.25) is 0 Å². The second kappa shape index (κ2) is 6.41. The van der Waals surface area contributed by atoms with Gasteiger partial charge in [-0.15, -0.1) is 0 Å². The van der Waals surface area contributed by atoms with Gasteiger partial charge in [-0.3, -0.25) is 4.79 Å². The van der Waals surface area contributed by atoms with Crippen molar-refractivity contribution in [1.29, 1.82) is 0 Å². The molecule has 0 bridgehead atoms. The highest BCUT2D eigenvalue weighted by Gasteiger charge is 2.35. The number of β-amino-alcohol motifs (C(OH)–C–C–N with tert-alkyl or cyclic N) is 1. The highest BCUT2D eigenvalue weighted by atomic mass is 16.3. The van der Waals surface area contributed by atoms with Crippen molar-refractivity contribution in [2.45, 2.75) is 57.2 Å². The molecule has 5 heteroatoms. The number of carbonyl (C=O) groups excluding carboxylic acids is 1. The molecule has 2 rings (SSSR count). The first-order chi connectivity index (χ1) is 9.39. The van der Waals surface area contributed by atoms with Gasteiger partial charge < -0.3 is 20.8 Å². The predicted octanol–water partition coefficient (Wildman–Crippen LogP) is 0.486. The molecule has 1 aliphatic carbocycles. The average Bonchev–Trinajstić information content (AvgIpc) is 2.42. The zero-order valence-corrected chi connectivity index (χ0v) is 12.4. The fraction of sp³-hybridized carbons (Fsp3) is 0.933. The maximum absolute atomic E-state index is 11.0. The second-order valence-electron chi connectivity index (χ2n) is 6.87. The second-order valence-corrected chi connectivity index (χ2v) is 6.87. The molecule has 5 nitrogen and oxygen atoms in total. The lowest BCUT2D eigenvalue weighted by Gasteiger charge is -2.41. The van der Waals surface area contributed by atoms with Crippen molar-refractivity contribution in [3.63, 3.8) is 0 Å². The van der Waals surface area contributed by atoms with E-state index in [4.69, 9.17) is 5.73 Å². The van der Waals surface area contributed by atoms with Crippen molar-refractivity contribution in [1.82, 2.24) is 4.90 Å². The van der Waals surface area contributed by atoms with E-state index in [1.165, 1.54) is 0 Å². The summed E-state index contributed by atoms with van der Waals surface area (Å²) in [5.41, 5.74) is 4.60. The van der Waals surface area contributed by atoms with Crippen molar-refractivity contribution in [3.8, 4) is 0 Å². The molecule has 1 amide bonds. The lowest BCUT2D eigenvalue weighted by molar-refractivity contribution is -0.130. The molecule has 1 unspecified atom stereocenters. The Bertz CT molecular complexity index is 332. The summed E-state index contributed by atoms with van der Waals surface area (Å²) in [6.07, 6.45) is 4.51. The monoisotopic (exact) mass is 284 g/mol. The Labute approximate surface area is 121 Å². The Kier molecular flexibility index (Phi) is 5.04. The highest BCUT2D eigenvalue weighted by molar-refractivity contribution is 5.78. The number of rotatable bonds is 4. The Hall–Kier alpha value is -0.650. The molecule has 116 valence electrons. The number of likely N-dealkylation sites (tertiary alicyclic amines) is 1. The standard InChI is InChI=1S/C15H28N2O3/c1-11-2-6-15(20,7-3-11)10-17-8-4-12(5-9-17)13(18)14(16)19/h11-13,18,20H,2-10H2,1H3,(H2,16,19). The summed E-state index contributed by atoms with van der Waals surface area (Å²) in [7, 11) is 0. The third-order valence-electron chi connectivity index (χ3n) is 5.09. The van der Waals surface area contributed by atoms with E-state index in [1.807, 2.05) is 0 Å². The maximum atomic E-state index is 11.0. The minimum absolute atomic E-state index is 0.0234. The molecule has 4 N–H and O–H groups in total. The zero-order valence-electron chi connectivity index (χ0n) is 12.4. The first kappa shape index (κ1) is 15.7. The first-order valence-electron chi connectivity index (χ1n) is 7.82. The quantitative estimate of drug-likeness (QED) is 0.701. The van der Waals surface area contributed by atoms with E-state index in [9.17, 15) is 15.0 Å². The van der Waals surface area contributed by atoms with Gasteiger partial charge in [-0.1, -0.05) is 6.92 Å². The molecule has 1 saturated heterocycles. The van der Waals surface area contributed by atoms with Gasteiger partial charge in [0.05, 0.1) is 5.60 Å². The number of piperidine rings is 1. The smallest absolute Gasteiger partial charge is 0.246 e. The normalized spacial score (nSPS) is 34.9. The Morgan fingerprint density at radius 2 is 1.85 bits per heavy atom. The van der Waals surface area contributed by atoms with Gasteiger partial charge in [0.1, 0.15) is 6.10 Å². The van der Waals surface area contributed by atoms with Crippen LogP contribution in [0.15, 0.2) is 0 Å². The summed E-state index contributed by atoms with van der Waals surface area (Å²) >= 11 is 0. The van der Waals surface area contributed by atoms with Crippen LogP contribution >= 0.6 is 0 Å². The van der Waals surface area contributed by atoms with Crippen LogP contribution in [0, 0.1) is 11.8 Å². The topological polar surface area (TPSA) is 86.8 Å². The van der Waals surface area contributed by atoms with Crippen LogP contribution < -0.4 is 5.73 Å². The van der Waals surface area contributed by atoms with E-state index in [0.29, 0.717) is 0 Å². The van der Waals surface area contributed by atoms with E-state index < -0.39 is 17.6 Å². The van der Waals surface area contributed by atoms with Crippen LogP contribution in [0.3, 0.4) is 0 Å². The molecule has 1 heterocycles. The lowest BCUT2D eigenvalue weighted by Crippen LogP contribution is -2.49. The van der Waals surface area contributed by atoms with Gasteiger partial charge in [0.25, 0.3) is 0 Å². The highest BCUT2D eigenvalue weighted by Crippen LogP contribution is 2.33. The molecule has 2 aliphatic rings. The SMILES string of the molecule is CC1CCC(O)(CN2CCC(C(O)C(N)=O)CC2)CC1. The molecule has 0 spiro atoms. The number of aliphatic hydroxyl groups is 2. The van der Waals surface area contributed by atoms with Crippen LogP contribution in [0.5, 0.6) is 0 Å². The molecule has 2 fully saturated rings. The van der Waals surface area contributed by atoms with E-state index in [0.717, 1.165) is 64.1 Å². The molecule has 0 aromatic rings. The van der Waals surface area contributed by atoms with Crippen molar-refractivity contribution < 1.29 is 15.0 Å². The van der Waals surface area contributed by atoms with E-state index in [-0.39, 0.29) is 5.92 Å². The van der Waals surface area contributed by atoms with Gasteiger partial charge in [0, 0.05) is 6.54 Å². The number of carbonyl (C=O) groups is 1. The molecule has 0 aromatic carbocycles. The molecule has 1 saturated carbocycles. The Morgan fingerprint density at radius 3 is 2.35 bits per heavy atom. The average molecular weight is 284 g/mol. The van der Waals surface area contributed by atoms with Crippen molar-refractivity contribution in [3.05, 3.63) is 0 Å². The minimum atomic E-state index is -1.02. The number of hydrogen-bond donors (Lipinski definition) is 3. The Balaban J connectivity index is 1.78. The third kappa shape index (κ3) is 3.93. The fourth-order valence-corrected chi connectivity index (χ4v) is 3.53. The summed E-state index contributed by atoms with van der Waals surface area (Å²) in [6, 6.07) is 0. The predicted molar refractivity (Wildman–Crippen MR) is 76.9 cm³/mol. The maximum Gasteiger partial charge on any atom is 0.246 e. The van der Waals surface area contributed by atoms with Crippen LogP contribution in [0.4, 0.5) is 0 Å². The van der Waals surface area contributed by atoms with Crippen LogP contribution in [0.1, 0.15) is 45.4 Å². The van der Waals surface area contributed by atoms with Crippen LogP contribution in [0.25, 0.3) is 0 Å². The van der Waals surface area contributed by atoms with Crippen LogP contribution in [-0.2, 0) is 4.79 Å². The molecule has 0 radical (unpaired) electrons. The molecular formula is C15H28N2O3. The van der Waals surface area contributed by atoms with Crippen LogP contribution in [-0.4, -0.2) is 52.4 Å². The molecule has 0 aromatic heterocycles. The zero-order chi connectivity index (χ0) is 14.8. The largest absolute Gasteiger partial charge is 0.389 e. The van der Waals surface area contributed by atoms with Crippen molar-refractivity contribution >= 4 is 5.91 Å².